The molecule has 0 bridgehead atoms. The van der Waals surface area contributed by atoms with Gasteiger partial charge in [-0.2, -0.15) is 5.10 Å². The Morgan fingerprint density at radius 2 is 2.09 bits per heavy atom. The number of nitrogens with one attached hydrogen (secondary N) is 2. The van der Waals surface area contributed by atoms with E-state index in [0.29, 0.717) is 43.5 Å². The molecule has 174 valence electrons. The van der Waals surface area contributed by atoms with Crippen LogP contribution in [0.5, 0.6) is 0 Å². The Morgan fingerprint density at radius 1 is 1.18 bits per heavy atom. The molecule has 1 aliphatic heterocycles. The summed E-state index contributed by atoms with van der Waals surface area (Å²) in [5, 5.41) is 11.5. The van der Waals surface area contributed by atoms with Gasteiger partial charge in [0.25, 0.3) is 5.91 Å². The van der Waals surface area contributed by atoms with Crippen molar-refractivity contribution in [2.45, 2.75) is 20.3 Å². The Kier molecular flexibility index (Phi) is 6.22. The van der Waals surface area contributed by atoms with Crippen molar-refractivity contribution < 1.29 is 9.53 Å². The van der Waals surface area contributed by atoms with Gasteiger partial charge >= 0.3 is 0 Å². The third kappa shape index (κ3) is 5.07. The van der Waals surface area contributed by atoms with Crippen LogP contribution in [-0.2, 0) is 11.2 Å². The molecule has 5 rings (SSSR count). The lowest BCUT2D eigenvalue weighted by molar-refractivity contribution is 0.0737. The van der Waals surface area contributed by atoms with Gasteiger partial charge in [0.05, 0.1) is 24.9 Å². The van der Waals surface area contributed by atoms with Crippen molar-refractivity contribution in [1.29, 1.82) is 0 Å². The number of benzene rings is 2. The van der Waals surface area contributed by atoms with E-state index < -0.39 is 0 Å². The van der Waals surface area contributed by atoms with Gasteiger partial charge in [0.15, 0.2) is 0 Å². The number of aryl methyl sites for hydroxylation is 2. The smallest absolute Gasteiger partial charge is 0.254 e. The van der Waals surface area contributed by atoms with E-state index in [9.17, 15) is 4.79 Å². The number of hydrogen-bond acceptors (Lipinski definition) is 6. The van der Waals surface area contributed by atoms with Gasteiger partial charge in [-0.25, -0.2) is 9.97 Å². The van der Waals surface area contributed by atoms with E-state index >= 15 is 0 Å². The number of H-pyrrole nitrogens is 1. The fourth-order valence-electron chi connectivity index (χ4n) is 4.48. The molecule has 3 heterocycles. The lowest BCUT2D eigenvalue weighted by Gasteiger charge is -2.24. The van der Waals surface area contributed by atoms with E-state index in [2.05, 4.69) is 43.7 Å². The van der Waals surface area contributed by atoms with Crippen LogP contribution in [0.25, 0.3) is 10.9 Å². The summed E-state index contributed by atoms with van der Waals surface area (Å²) in [4.78, 5) is 24.1. The Bertz CT molecular complexity index is 1300. The molecule has 1 fully saturated rings. The Hall–Kier alpha value is -3.78. The zero-order valence-electron chi connectivity index (χ0n) is 19.4. The number of ether oxygens (including phenoxy) is 1. The van der Waals surface area contributed by atoms with Crippen molar-refractivity contribution in [1.82, 2.24) is 25.1 Å². The van der Waals surface area contributed by atoms with Gasteiger partial charge < -0.3 is 15.0 Å². The van der Waals surface area contributed by atoms with Gasteiger partial charge in [-0.15, -0.1) is 0 Å². The number of carbonyl (C=O) groups excluding carboxylic acids is 1. The van der Waals surface area contributed by atoms with Crippen LogP contribution in [0.15, 0.2) is 54.7 Å². The number of fused-ring (bicyclic) bond motifs is 1. The van der Waals surface area contributed by atoms with Crippen molar-refractivity contribution in [3.8, 4) is 0 Å². The molecule has 1 atom stereocenters. The van der Waals surface area contributed by atoms with Gasteiger partial charge in [-0.1, -0.05) is 12.1 Å². The highest BCUT2D eigenvalue weighted by Crippen LogP contribution is 2.21. The highest BCUT2D eigenvalue weighted by Gasteiger charge is 2.24. The maximum atomic E-state index is 13.4. The minimum absolute atomic E-state index is 0.0134. The third-order valence-corrected chi connectivity index (χ3v) is 6.00. The number of rotatable bonds is 5. The third-order valence-electron chi connectivity index (χ3n) is 6.00. The molecule has 0 radical (unpaired) electrons. The van der Waals surface area contributed by atoms with E-state index in [0.717, 1.165) is 28.7 Å². The van der Waals surface area contributed by atoms with E-state index in [4.69, 9.17) is 4.74 Å². The van der Waals surface area contributed by atoms with E-state index in [1.807, 2.05) is 55.3 Å². The monoisotopic (exact) mass is 456 g/mol. The predicted octanol–water partition coefficient (Wildman–Crippen LogP) is 4.04. The lowest BCUT2D eigenvalue weighted by Crippen LogP contribution is -2.36. The number of carbonyl (C=O) groups is 1. The summed E-state index contributed by atoms with van der Waals surface area (Å²) in [5.74, 6) is 1.66. The maximum Gasteiger partial charge on any atom is 0.254 e. The Labute approximate surface area is 198 Å². The molecule has 34 heavy (non-hydrogen) atoms. The average molecular weight is 457 g/mol. The Balaban J connectivity index is 1.29. The van der Waals surface area contributed by atoms with Gasteiger partial charge in [0.2, 0.25) is 0 Å². The first-order chi connectivity index (χ1) is 16.5. The molecule has 8 nitrogen and oxygen atoms in total. The van der Waals surface area contributed by atoms with Gasteiger partial charge in [0.1, 0.15) is 11.6 Å². The number of hydrogen-bond donors (Lipinski definition) is 2. The van der Waals surface area contributed by atoms with Crippen LogP contribution in [0, 0.1) is 19.8 Å². The quantitative estimate of drug-likeness (QED) is 0.470. The van der Waals surface area contributed by atoms with Crippen LogP contribution >= 0.6 is 0 Å². The number of aromatic amines is 1. The molecule has 8 heteroatoms. The molecule has 1 amide bonds. The fourth-order valence-corrected chi connectivity index (χ4v) is 4.48. The van der Waals surface area contributed by atoms with E-state index in [-0.39, 0.29) is 11.8 Å². The van der Waals surface area contributed by atoms with Gasteiger partial charge in [-0.3, -0.25) is 9.89 Å². The lowest BCUT2D eigenvalue weighted by atomic mass is 9.98. The minimum Gasteiger partial charge on any atom is -0.379 e. The summed E-state index contributed by atoms with van der Waals surface area (Å²) >= 11 is 0. The molecule has 2 aromatic heterocycles. The summed E-state index contributed by atoms with van der Waals surface area (Å²) in [5.41, 5.74) is 4.61. The van der Waals surface area contributed by atoms with E-state index in [1.165, 1.54) is 5.56 Å². The highest BCUT2D eigenvalue weighted by atomic mass is 16.5. The molecule has 1 unspecified atom stereocenters. The molecular weight excluding hydrogens is 428 g/mol. The molecule has 1 saturated heterocycles. The van der Waals surface area contributed by atoms with Crippen LogP contribution in [-0.4, -0.2) is 57.3 Å². The summed E-state index contributed by atoms with van der Waals surface area (Å²) in [7, 11) is 0. The Morgan fingerprint density at radius 3 is 2.97 bits per heavy atom. The van der Waals surface area contributed by atoms with Gasteiger partial charge in [-0.05, 0) is 56.2 Å². The van der Waals surface area contributed by atoms with Crippen molar-refractivity contribution in [2.75, 3.05) is 31.6 Å². The van der Waals surface area contributed by atoms with Gasteiger partial charge in [0, 0.05) is 47.4 Å². The van der Waals surface area contributed by atoms with Crippen LogP contribution in [0.1, 0.15) is 27.4 Å². The highest BCUT2D eigenvalue weighted by molar-refractivity contribution is 5.95. The molecule has 0 spiro atoms. The SMILES string of the molecule is Cc1cc(Nc2cccc(C(=O)N3CCOCC(Cc4ccc5[nH]ncc5c4)C3)c2)nc(C)n1. The first kappa shape index (κ1) is 22.0. The average Bonchev–Trinajstić information content (AvgIpc) is 3.15. The van der Waals surface area contributed by atoms with Crippen molar-refractivity contribution in [2.24, 2.45) is 5.92 Å². The number of anilines is 2. The largest absolute Gasteiger partial charge is 0.379 e. The normalized spacial score (nSPS) is 16.4. The molecule has 2 aromatic carbocycles. The predicted molar refractivity (Wildman–Crippen MR) is 131 cm³/mol. The second kappa shape index (κ2) is 9.61. The molecule has 1 aliphatic rings. The van der Waals surface area contributed by atoms with Crippen LogP contribution in [0.4, 0.5) is 11.5 Å². The van der Waals surface area contributed by atoms with Crippen LogP contribution in [0.3, 0.4) is 0 Å². The number of nitrogens with zero attached hydrogens (tertiary/aromatic N) is 4. The number of amides is 1. The van der Waals surface area contributed by atoms with Crippen LogP contribution in [0.2, 0.25) is 0 Å². The second-order valence-corrected chi connectivity index (χ2v) is 8.84. The topological polar surface area (TPSA) is 96.0 Å². The standard InChI is InChI=1S/C26H28N6O2/c1-17-10-25(29-18(2)28-17)30-23-5-3-4-21(13-23)26(33)32-8-9-34-16-20(15-32)11-19-6-7-24-22(12-19)14-27-31-24/h3-7,10,12-14,20H,8-9,11,15-16H2,1-2H3,(H,27,31)(H,28,29,30). The molecule has 0 saturated carbocycles. The van der Waals surface area contributed by atoms with Crippen molar-refractivity contribution >= 4 is 28.3 Å². The molecular formula is C26H28N6O2. The van der Waals surface area contributed by atoms with Crippen LogP contribution < -0.4 is 5.32 Å². The second-order valence-electron chi connectivity index (χ2n) is 8.84. The molecule has 2 N–H and O–H groups in total. The summed E-state index contributed by atoms with van der Waals surface area (Å²) in [6.07, 6.45) is 2.68. The first-order valence-corrected chi connectivity index (χ1v) is 11.5. The van der Waals surface area contributed by atoms with Crippen molar-refractivity contribution in [3.63, 3.8) is 0 Å². The first-order valence-electron chi connectivity index (χ1n) is 11.5. The molecule has 0 aliphatic carbocycles. The molecule has 4 aromatic rings. The number of aromatic nitrogens is 4. The van der Waals surface area contributed by atoms with E-state index in [1.54, 1.807) is 0 Å². The fraction of sp³-hybridized carbons (Fsp3) is 0.308. The zero-order chi connectivity index (χ0) is 23.5. The zero-order valence-corrected chi connectivity index (χ0v) is 19.4. The maximum absolute atomic E-state index is 13.4. The summed E-state index contributed by atoms with van der Waals surface area (Å²) in [6, 6.07) is 15.8. The summed E-state index contributed by atoms with van der Waals surface area (Å²) in [6.45, 7) is 6.22. The van der Waals surface area contributed by atoms with Crippen molar-refractivity contribution in [3.05, 3.63) is 77.4 Å². The summed E-state index contributed by atoms with van der Waals surface area (Å²) < 4.78 is 5.85. The minimum atomic E-state index is 0.0134.